The predicted octanol–water partition coefficient (Wildman–Crippen LogP) is 4.61. The maximum atomic E-state index is 2.50. The van der Waals surface area contributed by atoms with Crippen molar-refractivity contribution >= 4 is 16.5 Å². The third kappa shape index (κ3) is 2.10. The van der Waals surface area contributed by atoms with Gasteiger partial charge in [0.1, 0.15) is 0 Å². The van der Waals surface area contributed by atoms with Crippen LogP contribution in [0, 0.1) is 0 Å². The number of rotatable bonds is 2. The second kappa shape index (κ2) is 5.01. The summed E-state index contributed by atoms with van der Waals surface area (Å²) in [4.78, 5) is 2.50. The summed E-state index contributed by atoms with van der Waals surface area (Å²) in [6, 6.07) is 16.1. The van der Waals surface area contributed by atoms with Gasteiger partial charge < -0.3 is 4.90 Å². The molecular weight excluding hydrogens is 218 g/mol. The lowest BCUT2D eigenvalue weighted by Gasteiger charge is -2.33. The van der Waals surface area contributed by atoms with Crippen LogP contribution >= 0.6 is 0 Å². The van der Waals surface area contributed by atoms with Gasteiger partial charge in [0.25, 0.3) is 0 Å². The molecule has 1 nitrogen and oxygen atoms in total. The molecule has 1 aliphatic rings. The summed E-state index contributed by atoms with van der Waals surface area (Å²) >= 11 is 0. The van der Waals surface area contributed by atoms with E-state index in [1.807, 2.05) is 0 Å². The van der Waals surface area contributed by atoms with Crippen LogP contribution in [-0.2, 0) is 0 Å². The molecular formula is C17H21N. The Morgan fingerprint density at radius 2 is 1.61 bits per heavy atom. The average Bonchev–Trinajstić information content (AvgIpc) is 2.47. The Balaban J connectivity index is 1.97. The normalized spacial score (nSPS) is 16.9. The number of fused-ring (bicyclic) bond motifs is 1. The molecule has 0 unspecified atom stereocenters. The lowest BCUT2D eigenvalue weighted by Crippen LogP contribution is -2.33. The van der Waals surface area contributed by atoms with E-state index in [1.165, 1.54) is 48.6 Å². The van der Waals surface area contributed by atoms with Crippen molar-refractivity contribution in [2.24, 2.45) is 0 Å². The molecule has 1 fully saturated rings. The van der Waals surface area contributed by atoms with Gasteiger partial charge in [0.15, 0.2) is 0 Å². The molecule has 0 atom stereocenters. The molecule has 0 aromatic heterocycles. The highest BCUT2D eigenvalue weighted by atomic mass is 15.1. The first kappa shape index (κ1) is 11.6. The zero-order chi connectivity index (χ0) is 12.4. The van der Waals surface area contributed by atoms with Gasteiger partial charge in [-0.25, -0.2) is 0 Å². The van der Waals surface area contributed by atoms with E-state index in [0.29, 0.717) is 0 Å². The van der Waals surface area contributed by atoms with Crippen molar-refractivity contribution in [2.45, 2.75) is 38.1 Å². The minimum atomic E-state index is 0.726. The summed E-state index contributed by atoms with van der Waals surface area (Å²) in [6.45, 7) is 0. The van der Waals surface area contributed by atoms with E-state index in [1.54, 1.807) is 0 Å². The van der Waals surface area contributed by atoms with E-state index in [0.717, 1.165) is 6.04 Å². The number of anilines is 1. The van der Waals surface area contributed by atoms with Crippen molar-refractivity contribution in [3.8, 4) is 0 Å². The SMILES string of the molecule is CN(c1cccc2ccccc12)C1CCCCC1. The van der Waals surface area contributed by atoms with Gasteiger partial charge in [-0.15, -0.1) is 0 Å². The van der Waals surface area contributed by atoms with E-state index in [9.17, 15) is 0 Å². The lowest BCUT2D eigenvalue weighted by atomic mass is 9.93. The molecule has 0 saturated heterocycles. The van der Waals surface area contributed by atoms with Crippen LogP contribution in [0.1, 0.15) is 32.1 Å². The molecule has 0 spiro atoms. The molecule has 1 aliphatic carbocycles. The molecule has 3 rings (SSSR count). The zero-order valence-corrected chi connectivity index (χ0v) is 11.1. The van der Waals surface area contributed by atoms with Gasteiger partial charge in [-0.05, 0) is 24.3 Å². The molecule has 0 heterocycles. The van der Waals surface area contributed by atoms with Gasteiger partial charge in [-0.3, -0.25) is 0 Å². The maximum absolute atomic E-state index is 2.50. The van der Waals surface area contributed by atoms with Crippen LogP contribution in [0.3, 0.4) is 0 Å². The lowest BCUT2D eigenvalue weighted by molar-refractivity contribution is 0.428. The van der Waals surface area contributed by atoms with Crippen LogP contribution in [0.2, 0.25) is 0 Å². The number of benzene rings is 2. The van der Waals surface area contributed by atoms with E-state index >= 15 is 0 Å². The first-order chi connectivity index (χ1) is 8.86. The van der Waals surface area contributed by atoms with E-state index in [4.69, 9.17) is 0 Å². The van der Waals surface area contributed by atoms with Crippen molar-refractivity contribution in [2.75, 3.05) is 11.9 Å². The Morgan fingerprint density at radius 3 is 2.44 bits per heavy atom. The summed E-state index contributed by atoms with van der Waals surface area (Å²) < 4.78 is 0. The molecule has 94 valence electrons. The highest BCUT2D eigenvalue weighted by Gasteiger charge is 2.19. The predicted molar refractivity (Wildman–Crippen MR) is 79.2 cm³/mol. The summed E-state index contributed by atoms with van der Waals surface area (Å²) in [6.07, 6.45) is 6.89. The van der Waals surface area contributed by atoms with Crippen LogP contribution in [0.15, 0.2) is 42.5 Å². The Labute approximate surface area is 109 Å². The van der Waals surface area contributed by atoms with E-state index < -0.39 is 0 Å². The van der Waals surface area contributed by atoms with Gasteiger partial charge in [0.2, 0.25) is 0 Å². The van der Waals surface area contributed by atoms with Crippen LogP contribution in [0.4, 0.5) is 5.69 Å². The third-order valence-corrected chi connectivity index (χ3v) is 4.27. The first-order valence-corrected chi connectivity index (χ1v) is 7.07. The first-order valence-electron chi connectivity index (χ1n) is 7.07. The molecule has 0 N–H and O–H groups in total. The highest BCUT2D eigenvalue weighted by Crippen LogP contribution is 2.31. The van der Waals surface area contributed by atoms with Crippen LogP contribution < -0.4 is 4.90 Å². The van der Waals surface area contributed by atoms with E-state index in [-0.39, 0.29) is 0 Å². The fourth-order valence-electron chi connectivity index (χ4n) is 3.18. The van der Waals surface area contributed by atoms with Crippen molar-refractivity contribution in [3.63, 3.8) is 0 Å². The maximum Gasteiger partial charge on any atom is 0.0445 e. The molecule has 0 amide bonds. The highest BCUT2D eigenvalue weighted by molar-refractivity contribution is 5.94. The van der Waals surface area contributed by atoms with E-state index in [2.05, 4.69) is 54.4 Å². The monoisotopic (exact) mass is 239 g/mol. The Hall–Kier alpha value is -1.50. The number of hydrogen-bond acceptors (Lipinski definition) is 1. The standard InChI is InChI=1S/C17H21N/c1-18(15-10-3-2-4-11-15)17-13-7-9-14-8-5-6-12-16(14)17/h5-9,12-13,15H,2-4,10-11H2,1H3. The van der Waals surface area contributed by atoms with Gasteiger partial charge >= 0.3 is 0 Å². The van der Waals surface area contributed by atoms with Crippen molar-refractivity contribution in [3.05, 3.63) is 42.5 Å². The molecule has 0 aliphatic heterocycles. The Bertz CT molecular complexity index is 521. The summed E-state index contributed by atoms with van der Waals surface area (Å²) in [7, 11) is 2.26. The van der Waals surface area contributed by atoms with Gasteiger partial charge in [0, 0.05) is 24.2 Å². The van der Waals surface area contributed by atoms with Crippen molar-refractivity contribution in [1.82, 2.24) is 0 Å². The molecule has 0 bridgehead atoms. The molecule has 2 aromatic rings. The molecule has 18 heavy (non-hydrogen) atoms. The fraction of sp³-hybridized carbons (Fsp3) is 0.412. The van der Waals surface area contributed by atoms with Gasteiger partial charge in [-0.1, -0.05) is 55.7 Å². The summed E-state index contributed by atoms with van der Waals surface area (Å²) in [5, 5.41) is 2.73. The van der Waals surface area contributed by atoms with Gasteiger partial charge in [0.05, 0.1) is 0 Å². The second-order valence-electron chi connectivity index (χ2n) is 5.40. The number of hydrogen-bond donors (Lipinski definition) is 0. The topological polar surface area (TPSA) is 3.24 Å². The van der Waals surface area contributed by atoms with Crippen LogP contribution in [0.5, 0.6) is 0 Å². The molecule has 0 radical (unpaired) electrons. The Morgan fingerprint density at radius 1 is 0.889 bits per heavy atom. The van der Waals surface area contributed by atoms with Crippen molar-refractivity contribution in [1.29, 1.82) is 0 Å². The third-order valence-electron chi connectivity index (χ3n) is 4.27. The minimum Gasteiger partial charge on any atom is -0.371 e. The summed E-state index contributed by atoms with van der Waals surface area (Å²) in [5.74, 6) is 0. The van der Waals surface area contributed by atoms with Gasteiger partial charge in [-0.2, -0.15) is 0 Å². The van der Waals surface area contributed by atoms with Crippen LogP contribution in [0.25, 0.3) is 10.8 Å². The quantitative estimate of drug-likeness (QED) is 0.739. The number of nitrogens with zero attached hydrogens (tertiary/aromatic N) is 1. The van der Waals surface area contributed by atoms with Crippen LogP contribution in [-0.4, -0.2) is 13.1 Å². The largest absolute Gasteiger partial charge is 0.371 e. The average molecular weight is 239 g/mol. The smallest absolute Gasteiger partial charge is 0.0445 e. The second-order valence-corrected chi connectivity index (χ2v) is 5.40. The fourth-order valence-corrected chi connectivity index (χ4v) is 3.18. The minimum absolute atomic E-state index is 0.726. The summed E-state index contributed by atoms with van der Waals surface area (Å²) in [5.41, 5.74) is 1.39. The van der Waals surface area contributed by atoms with Crippen molar-refractivity contribution < 1.29 is 0 Å². The molecule has 2 aromatic carbocycles. The zero-order valence-electron chi connectivity index (χ0n) is 11.1. The Kier molecular flexibility index (Phi) is 3.22. The molecule has 1 heteroatoms. The molecule has 1 saturated carbocycles.